The van der Waals surface area contributed by atoms with Crippen molar-refractivity contribution in [2.24, 2.45) is 0 Å². The van der Waals surface area contributed by atoms with Crippen LogP contribution in [0.2, 0.25) is 0 Å². The molecule has 2 rings (SSSR count). The summed E-state index contributed by atoms with van der Waals surface area (Å²) in [5.74, 6) is 0. The van der Waals surface area contributed by atoms with Crippen molar-refractivity contribution in [3.8, 4) is 0 Å². The maximum absolute atomic E-state index is 11.9. The van der Waals surface area contributed by atoms with Crippen molar-refractivity contribution < 1.29 is 9.53 Å². The molecule has 6 heteroatoms. The first-order valence-electron chi connectivity index (χ1n) is 5.57. The lowest BCUT2D eigenvalue weighted by Crippen LogP contribution is -2.39. The van der Waals surface area contributed by atoms with E-state index in [1.165, 1.54) is 0 Å². The van der Waals surface area contributed by atoms with Gasteiger partial charge >= 0.3 is 6.09 Å². The van der Waals surface area contributed by atoms with E-state index in [2.05, 4.69) is 21.2 Å². The van der Waals surface area contributed by atoms with Crippen LogP contribution in [0.4, 0.5) is 4.79 Å². The predicted molar refractivity (Wildman–Crippen MR) is 66.9 cm³/mol. The minimum atomic E-state index is -0.447. The number of carbonyl (C=O) groups is 1. The van der Waals surface area contributed by atoms with Crippen LogP contribution in [0.15, 0.2) is 6.20 Å². The molecule has 0 radical (unpaired) electrons. The van der Waals surface area contributed by atoms with Crippen LogP contribution in [0.25, 0.3) is 0 Å². The number of hydrogen-bond acceptors (Lipinski definition) is 3. The zero-order valence-electron chi connectivity index (χ0n) is 10.2. The summed E-state index contributed by atoms with van der Waals surface area (Å²) in [6, 6.07) is 0. The van der Waals surface area contributed by atoms with Crippen molar-refractivity contribution in [3.05, 3.63) is 17.5 Å². The lowest BCUT2D eigenvalue weighted by atomic mass is 10.1. The van der Waals surface area contributed by atoms with Crippen molar-refractivity contribution in [3.63, 3.8) is 0 Å². The highest BCUT2D eigenvalue weighted by Crippen LogP contribution is 2.21. The molecular weight excluding hydrogens is 286 g/mol. The Kier molecular flexibility index (Phi) is 3.16. The Morgan fingerprint density at radius 2 is 2.24 bits per heavy atom. The van der Waals surface area contributed by atoms with Gasteiger partial charge in [-0.2, -0.15) is 5.10 Å². The van der Waals surface area contributed by atoms with E-state index in [4.69, 9.17) is 4.74 Å². The number of amides is 1. The van der Waals surface area contributed by atoms with E-state index in [9.17, 15) is 4.79 Å². The lowest BCUT2D eigenvalue weighted by Gasteiger charge is -2.29. The van der Waals surface area contributed by atoms with Gasteiger partial charge in [0.1, 0.15) is 5.60 Å². The fraction of sp³-hybridized carbons (Fsp3) is 0.636. The molecule has 0 aliphatic carbocycles. The lowest BCUT2D eigenvalue weighted by molar-refractivity contribution is 0.0223. The van der Waals surface area contributed by atoms with Gasteiger partial charge in [-0.05, 0) is 20.8 Å². The standard InChI is InChI=1S/C11H16BrN3O2/c1-11(2,3)17-10(16)14-5-4-9-8(7-14)6-13-15(9)12/h6H,4-5,7H2,1-3H3. The molecular formula is C11H16BrN3O2. The number of carbonyl (C=O) groups excluding carboxylic acids is 1. The Morgan fingerprint density at radius 3 is 2.88 bits per heavy atom. The molecule has 94 valence electrons. The van der Waals surface area contributed by atoms with Gasteiger partial charge in [0, 0.05) is 18.5 Å². The van der Waals surface area contributed by atoms with Crippen LogP contribution in [0.3, 0.4) is 0 Å². The first-order valence-corrected chi connectivity index (χ1v) is 6.27. The number of ether oxygens (including phenoxy) is 1. The molecule has 1 aliphatic rings. The Bertz CT molecular complexity index is 436. The molecule has 5 nitrogen and oxygen atoms in total. The zero-order valence-corrected chi connectivity index (χ0v) is 11.8. The molecule has 0 saturated carbocycles. The number of nitrogens with zero attached hydrogens (tertiary/aromatic N) is 3. The van der Waals surface area contributed by atoms with Crippen LogP contribution in [-0.4, -0.2) is 31.9 Å². The van der Waals surface area contributed by atoms with E-state index < -0.39 is 5.60 Å². The third kappa shape index (κ3) is 2.80. The van der Waals surface area contributed by atoms with Gasteiger partial charge in [-0.3, -0.25) is 0 Å². The second kappa shape index (κ2) is 4.33. The van der Waals surface area contributed by atoms with E-state index in [1.54, 1.807) is 14.8 Å². The molecule has 0 unspecified atom stereocenters. The Labute approximate surface area is 109 Å². The summed E-state index contributed by atoms with van der Waals surface area (Å²) in [4.78, 5) is 13.6. The minimum Gasteiger partial charge on any atom is -0.444 e. The third-order valence-corrected chi connectivity index (χ3v) is 3.15. The second-order valence-corrected chi connectivity index (χ2v) is 5.80. The van der Waals surface area contributed by atoms with Gasteiger partial charge in [-0.1, -0.05) is 0 Å². The Hall–Kier alpha value is -1.04. The number of aromatic nitrogens is 2. The van der Waals surface area contributed by atoms with Gasteiger partial charge in [-0.15, -0.1) is 0 Å². The van der Waals surface area contributed by atoms with Crippen LogP contribution in [0, 0.1) is 0 Å². The van der Waals surface area contributed by atoms with Gasteiger partial charge in [0.25, 0.3) is 0 Å². The van der Waals surface area contributed by atoms with E-state index >= 15 is 0 Å². The van der Waals surface area contributed by atoms with Crippen LogP contribution in [-0.2, 0) is 17.7 Å². The molecule has 0 atom stereocenters. The van der Waals surface area contributed by atoms with Gasteiger partial charge < -0.3 is 9.64 Å². The monoisotopic (exact) mass is 301 g/mol. The molecule has 0 bridgehead atoms. The zero-order chi connectivity index (χ0) is 12.6. The van der Waals surface area contributed by atoms with E-state index in [1.807, 2.05) is 20.8 Å². The van der Waals surface area contributed by atoms with E-state index in [0.717, 1.165) is 17.7 Å². The molecule has 1 aromatic heterocycles. The fourth-order valence-electron chi connectivity index (χ4n) is 1.78. The summed E-state index contributed by atoms with van der Waals surface area (Å²) in [6.07, 6.45) is 2.31. The quantitative estimate of drug-likeness (QED) is 0.739. The highest BCUT2D eigenvalue weighted by atomic mass is 79.9. The molecule has 0 N–H and O–H groups in total. The summed E-state index contributed by atoms with van der Waals surface area (Å²) in [5, 5.41) is 4.12. The first kappa shape index (κ1) is 12.4. The first-order chi connectivity index (χ1) is 7.87. The average molecular weight is 302 g/mol. The Balaban J connectivity index is 2.05. The fourth-order valence-corrected chi connectivity index (χ4v) is 2.27. The second-order valence-electron chi connectivity index (χ2n) is 5.13. The van der Waals surface area contributed by atoms with Crippen LogP contribution < -0.4 is 0 Å². The summed E-state index contributed by atoms with van der Waals surface area (Å²) in [6.45, 7) is 6.85. The SMILES string of the molecule is CC(C)(C)OC(=O)N1CCc2c(cnn2Br)C1. The van der Waals surface area contributed by atoms with Crippen molar-refractivity contribution in [1.82, 2.24) is 13.7 Å². The summed E-state index contributed by atoms with van der Waals surface area (Å²) < 4.78 is 7.04. The van der Waals surface area contributed by atoms with Crippen LogP contribution in [0.5, 0.6) is 0 Å². The van der Waals surface area contributed by atoms with Gasteiger partial charge in [0.2, 0.25) is 0 Å². The topological polar surface area (TPSA) is 47.4 Å². The molecule has 1 aromatic rings. The molecule has 0 spiro atoms. The molecule has 0 aromatic carbocycles. The molecule has 1 aliphatic heterocycles. The molecule has 0 saturated heterocycles. The Morgan fingerprint density at radius 1 is 1.53 bits per heavy atom. The number of halogens is 1. The van der Waals surface area contributed by atoms with Crippen LogP contribution >= 0.6 is 16.1 Å². The largest absolute Gasteiger partial charge is 0.444 e. The molecule has 1 amide bonds. The van der Waals surface area contributed by atoms with Crippen molar-refractivity contribution in [2.45, 2.75) is 39.3 Å². The van der Waals surface area contributed by atoms with E-state index in [0.29, 0.717) is 13.1 Å². The van der Waals surface area contributed by atoms with Gasteiger partial charge in [0.15, 0.2) is 0 Å². The molecule has 0 fully saturated rings. The number of fused-ring (bicyclic) bond motifs is 1. The van der Waals surface area contributed by atoms with Crippen LogP contribution in [0.1, 0.15) is 32.0 Å². The highest BCUT2D eigenvalue weighted by molar-refractivity contribution is 9.08. The highest BCUT2D eigenvalue weighted by Gasteiger charge is 2.27. The number of hydrogen-bond donors (Lipinski definition) is 0. The van der Waals surface area contributed by atoms with Gasteiger partial charge in [-0.25, -0.2) is 8.50 Å². The average Bonchev–Trinajstić information content (AvgIpc) is 2.57. The van der Waals surface area contributed by atoms with Crippen molar-refractivity contribution >= 4 is 22.2 Å². The smallest absolute Gasteiger partial charge is 0.410 e. The molecule has 2 heterocycles. The summed E-state index contributed by atoms with van der Waals surface area (Å²) in [5.41, 5.74) is 1.75. The number of rotatable bonds is 0. The predicted octanol–water partition coefficient (Wildman–Crippen LogP) is 2.33. The minimum absolute atomic E-state index is 0.259. The van der Waals surface area contributed by atoms with Crippen molar-refractivity contribution in [1.29, 1.82) is 0 Å². The summed E-state index contributed by atoms with van der Waals surface area (Å²) >= 11 is 3.33. The van der Waals surface area contributed by atoms with E-state index in [-0.39, 0.29) is 6.09 Å². The third-order valence-electron chi connectivity index (χ3n) is 2.54. The summed E-state index contributed by atoms with van der Waals surface area (Å²) in [7, 11) is 0. The normalized spacial score (nSPS) is 15.6. The maximum atomic E-state index is 11.9. The van der Waals surface area contributed by atoms with Gasteiger partial charge in [0.05, 0.1) is 34.6 Å². The van der Waals surface area contributed by atoms with Crippen molar-refractivity contribution in [2.75, 3.05) is 6.54 Å². The molecule has 17 heavy (non-hydrogen) atoms. The maximum Gasteiger partial charge on any atom is 0.410 e.